The number of nitrogens with one attached hydrogen (secondary N) is 2. The van der Waals surface area contributed by atoms with Crippen LogP contribution in [-0.2, 0) is 48.7 Å². The zero-order chi connectivity index (χ0) is 35.6. The SMILES string of the molecule is CC[C@@]1(O)C(=O)OCc2c1cc1n(c2=O)Cc2c-1nc1cc(F)c(C)c3c1c2[C@@H](NC(=O)CCC(=O)NCCO[Si](C)(C)C(C)(C)C)CC3. The molecule has 0 saturated heterocycles. The monoisotopic (exact) mass is 692 g/mol. The van der Waals surface area contributed by atoms with E-state index in [0.717, 1.165) is 22.1 Å². The lowest BCUT2D eigenvalue weighted by atomic mass is 9.81. The highest BCUT2D eigenvalue weighted by Crippen LogP contribution is 2.46. The number of fused-ring (bicyclic) bond motifs is 5. The minimum atomic E-state index is -1.98. The molecular weight excluding hydrogens is 648 g/mol. The molecule has 2 atom stereocenters. The van der Waals surface area contributed by atoms with E-state index < -0.39 is 37.3 Å². The molecule has 1 aromatic carbocycles. The van der Waals surface area contributed by atoms with Gasteiger partial charge in [-0.15, -0.1) is 0 Å². The van der Waals surface area contributed by atoms with E-state index in [-0.39, 0.29) is 60.4 Å². The highest BCUT2D eigenvalue weighted by Gasteiger charge is 2.46. The number of aliphatic hydroxyl groups is 1. The van der Waals surface area contributed by atoms with Crippen LogP contribution in [0.4, 0.5) is 4.39 Å². The van der Waals surface area contributed by atoms with E-state index in [1.807, 2.05) is 0 Å². The van der Waals surface area contributed by atoms with E-state index in [1.165, 1.54) is 10.6 Å². The number of pyridine rings is 2. The van der Waals surface area contributed by atoms with Crippen molar-refractivity contribution in [3.63, 3.8) is 0 Å². The quantitative estimate of drug-likeness (QED) is 0.132. The molecule has 3 aromatic rings. The highest BCUT2D eigenvalue weighted by atomic mass is 28.4. The predicted molar refractivity (Wildman–Crippen MR) is 184 cm³/mol. The fraction of sp³-hybridized carbons (Fsp3) is 0.528. The van der Waals surface area contributed by atoms with Crippen LogP contribution in [0.2, 0.25) is 18.1 Å². The molecule has 262 valence electrons. The molecule has 0 radical (unpaired) electrons. The number of aryl methyl sites for hydroxylation is 1. The third-order valence-electron chi connectivity index (χ3n) is 11.0. The van der Waals surface area contributed by atoms with Gasteiger partial charge in [0, 0.05) is 42.0 Å². The van der Waals surface area contributed by atoms with Crippen molar-refractivity contribution in [2.75, 3.05) is 13.2 Å². The molecule has 13 heteroatoms. The maximum atomic E-state index is 15.2. The second kappa shape index (κ2) is 12.4. The average Bonchev–Trinajstić information content (AvgIpc) is 3.41. The van der Waals surface area contributed by atoms with Crippen LogP contribution in [0.15, 0.2) is 16.9 Å². The fourth-order valence-corrected chi connectivity index (χ4v) is 8.04. The molecule has 0 spiro atoms. The van der Waals surface area contributed by atoms with Gasteiger partial charge in [0.2, 0.25) is 11.8 Å². The van der Waals surface area contributed by atoms with Crippen LogP contribution in [0, 0.1) is 12.7 Å². The Labute approximate surface area is 285 Å². The molecule has 0 unspecified atom stereocenters. The first-order chi connectivity index (χ1) is 23.0. The Bertz CT molecular complexity index is 1970. The maximum absolute atomic E-state index is 15.2. The molecule has 2 aromatic heterocycles. The number of esters is 1. The van der Waals surface area contributed by atoms with Gasteiger partial charge in [0.1, 0.15) is 12.4 Å². The first-order valence-corrected chi connectivity index (χ1v) is 19.9. The zero-order valence-corrected chi connectivity index (χ0v) is 30.3. The first kappa shape index (κ1) is 34.9. The van der Waals surface area contributed by atoms with Crippen molar-refractivity contribution in [3.05, 3.63) is 61.7 Å². The summed E-state index contributed by atoms with van der Waals surface area (Å²) in [5.74, 6) is -1.75. The van der Waals surface area contributed by atoms with Gasteiger partial charge in [-0.2, -0.15) is 0 Å². The summed E-state index contributed by atoms with van der Waals surface area (Å²) >= 11 is 0. The Morgan fingerprint density at radius 3 is 2.57 bits per heavy atom. The lowest BCUT2D eigenvalue weighted by Crippen LogP contribution is -2.44. The molecule has 0 saturated carbocycles. The van der Waals surface area contributed by atoms with Gasteiger partial charge in [0.05, 0.1) is 41.7 Å². The smallest absolute Gasteiger partial charge is 0.343 e. The van der Waals surface area contributed by atoms with Gasteiger partial charge in [-0.3, -0.25) is 14.4 Å². The van der Waals surface area contributed by atoms with Crippen LogP contribution >= 0.6 is 0 Å². The Morgan fingerprint density at radius 2 is 1.88 bits per heavy atom. The number of rotatable bonds is 9. The number of benzene rings is 1. The summed E-state index contributed by atoms with van der Waals surface area (Å²) in [6, 6.07) is 2.53. The molecule has 2 amide bonds. The maximum Gasteiger partial charge on any atom is 0.343 e. The molecule has 3 aliphatic rings. The summed E-state index contributed by atoms with van der Waals surface area (Å²) in [6.45, 7) is 14.8. The van der Waals surface area contributed by atoms with Gasteiger partial charge in [-0.25, -0.2) is 14.2 Å². The van der Waals surface area contributed by atoms with Crippen LogP contribution in [0.25, 0.3) is 22.3 Å². The Kier molecular flexibility index (Phi) is 8.85. The van der Waals surface area contributed by atoms with E-state index in [2.05, 4.69) is 44.5 Å². The molecule has 4 heterocycles. The number of amides is 2. The van der Waals surface area contributed by atoms with Crippen molar-refractivity contribution in [1.82, 2.24) is 20.2 Å². The molecule has 3 N–H and O–H groups in total. The van der Waals surface area contributed by atoms with Gasteiger partial charge in [-0.05, 0) is 67.1 Å². The number of nitrogens with zero attached hydrogens (tertiary/aromatic N) is 2. The summed E-state index contributed by atoms with van der Waals surface area (Å²) < 4.78 is 28.1. The molecule has 0 fully saturated rings. The summed E-state index contributed by atoms with van der Waals surface area (Å²) in [7, 11) is -1.93. The number of carbonyl (C=O) groups excluding carboxylic acids is 3. The number of carbonyl (C=O) groups is 3. The molecule has 49 heavy (non-hydrogen) atoms. The second-order valence-electron chi connectivity index (χ2n) is 14.9. The van der Waals surface area contributed by atoms with Crippen LogP contribution in [-0.4, -0.2) is 53.9 Å². The van der Waals surface area contributed by atoms with E-state index in [4.69, 9.17) is 14.1 Å². The number of ether oxygens (including phenoxy) is 1. The van der Waals surface area contributed by atoms with Gasteiger partial charge in [0.15, 0.2) is 13.9 Å². The number of hydrogen-bond acceptors (Lipinski definition) is 8. The van der Waals surface area contributed by atoms with Crippen LogP contribution in [0.5, 0.6) is 0 Å². The minimum absolute atomic E-state index is 0.00959. The Hall–Kier alpha value is -3.94. The molecular formula is C36H45FN4O7Si. The third kappa shape index (κ3) is 5.89. The summed E-state index contributed by atoms with van der Waals surface area (Å²) in [5, 5.41) is 18.0. The zero-order valence-electron chi connectivity index (χ0n) is 29.3. The van der Waals surface area contributed by atoms with E-state index in [0.29, 0.717) is 48.5 Å². The van der Waals surface area contributed by atoms with Crippen molar-refractivity contribution in [3.8, 4) is 11.4 Å². The van der Waals surface area contributed by atoms with Crippen LogP contribution in [0.1, 0.15) is 92.8 Å². The Balaban J connectivity index is 1.27. The fourth-order valence-electron chi connectivity index (χ4n) is 6.99. The van der Waals surface area contributed by atoms with Gasteiger partial charge in [0.25, 0.3) is 5.56 Å². The normalized spacial score (nSPS) is 19.6. The highest BCUT2D eigenvalue weighted by molar-refractivity contribution is 6.74. The number of cyclic esters (lactones) is 1. The topological polar surface area (TPSA) is 149 Å². The Morgan fingerprint density at radius 1 is 1.16 bits per heavy atom. The van der Waals surface area contributed by atoms with Crippen molar-refractivity contribution >= 4 is 37.0 Å². The number of hydrogen-bond donors (Lipinski definition) is 3. The summed E-state index contributed by atoms with van der Waals surface area (Å²) in [6.07, 6.45) is 1.00. The van der Waals surface area contributed by atoms with E-state index in [1.54, 1.807) is 19.9 Å². The number of aromatic nitrogens is 2. The second-order valence-corrected chi connectivity index (χ2v) is 19.7. The summed E-state index contributed by atoms with van der Waals surface area (Å²) in [5.41, 5.74) is 2.07. The average molecular weight is 693 g/mol. The minimum Gasteiger partial charge on any atom is -0.458 e. The van der Waals surface area contributed by atoms with E-state index in [9.17, 15) is 24.3 Å². The lowest BCUT2D eigenvalue weighted by molar-refractivity contribution is -0.172. The standard InChI is InChI=1S/C36H45FN4O7Si/c1-8-36(46)23-15-27-32-21(17-41(27)33(44)22(23)18-47-34(36)45)31-25(10-9-20-19(2)24(37)16-26(40-32)30(20)31)39-29(43)12-11-28(42)38-13-14-48-49(6,7)35(3,4)5/h15-16,25,46H,8-14,17-18H2,1-7H3,(H,38,42)(H,39,43)/t25-,36-/m0/s1. The lowest BCUT2D eigenvalue weighted by Gasteiger charge is -2.36. The predicted octanol–water partition coefficient (Wildman–Crippen LogP) is 4.55. The van der Waals surface area contributed by atoms with Crippen LogP contribution in [0.3, 0.4) is 0 Å². The van der Waals surface area contributed by atoms with Crippen molar-refractivity contribution in [2.45, 2.75) is 110 Å². The van der Waals surface area contributed by atoms with Gasteiger partial charge >= 0.3 is 5.97 Å². The largest absolute Gasteiger partial charge is 0.458 e. The first-order valence-electron chi connectivity index (χ1n) is 17.0. The van der Waals surface area contributed by atoms with Crippen LogP contribution < -0.4 is 16.2 Å². The van der Waals surface area contributed by atoms with Crippen molar-refractivity contribution in [2.24, 2.45) is 0 Å². The molecule has 1 aliphatic carbocycles. The molecule has 0 bridgehead atoms. The van der Waals surface area contributed by atoms with Crippen molar-refractivity contribution < 1.29 is 33.0 Å². The third-order valence-corrected chi connectivity index (χ3v) is 15.5. The molecule has 6 rings (SSSR count). The summed E-state index contributed by atoms with van der Waals surface area (Å²) in [4.78, 5) is 57.2. The molecule has 2 aliphatic heterocycles. The van der Waals surface area contributed by atoms with Crippen molar-refractivity contribution in [1.29, 1.82) is 0 Å². The molecule has 11 nitrogen and oxygen atoms in total. The van der Waals surface area contributed by atoms with Gasteiger partial charge < -0.3 is 29.5 Å². The number of halogens is 1. The van der Waals surface area contributed by atoms with Gasteiger partial charge in [-0.1, -0.05) is 27.7 Å². The van der Waals surface area contributed by atoms with E-state index >= 15 is 4.39 Å².